The Balaban J connectivity index is 2.81. The van der Waals surface area contributed by atoms with Crippen LogP contribution in [0.3, 0.4) is 0 Å². The summed E-state index contributed by atoms with van der Waals surface area (Å²) in [7, 11) is 0. The third-order valence-corrected chi connectivity index (χ3v) is 2.03. The van der Waals surface area contributed by atoms with Gasteiger partial charge >= 0.3 is 5.97 Å². The second-order valence-electron chi connectivity index (χ2n) is 2.96. The lowest BCUT2D eigenvalue weighted by Gasteiger charge is -2.06. The van der Waals surface area contributed by atoms with E-state index in [-0.39, 0.29) is 6.61 Å². The average Bonchev–Trinajstić information content (AvgIpc) is 2.26. The van der Waals surface area contributed by atoms with Crippen LogP contribution in [0.15, 0.2) is 24.3 Å². The van der Waals surface area contributed by atoms with E-state index in [1.54, 1.807) is 30.4 Å². The number of carboxylic acid groups (broad SMARTS) is 1. The molecule has 0 amide bonds. The van der Waals surface area contributed by atoms with E-state index in [9.17, 15) is 4.79 Å². The molecule has 0 spiro atoms. The second-order valence-corrected chi connectivity index (χ2v) is 3.36. The summed E-state index contributed by atoms with van der Waals surface area (Å²) in [6.07, 6.45) is 3.24. The molecule has 0 aliphatic heterocycles. The quantitative estimate of drug-likeness (QED) is 0.826. The number of aliphatic hydroxyl groups is 1. The molecule has 0 aliphatic rings. The minimum atomic E-state index is -1.06. The fraction of sp³-hybridized carbons (Fsp3) is 0.182. The van der Waals surface area contributed by atoms with Gasteiger partial charge in [0.2, 0.25) is 0 Å². The largest absolute Gasteiger partial charge is 0.480 e. The van der Waals surface area contributed by atoms with Crippen LogP contribution in [-0.2, 0) is 4.79 Å². The van der Waals surface area contributed by atoms with E-state index >= 15 is 0 Å². The van der Waals surface area contributed by atoms with Gasteiger partial charge in [0, 0.05) is 0 Å². The molecule has 0 fully saturated rings. The maximum absolute atomic E-state index is 10.3. The number of halogens is 1. The molecule has 0 heterocycles. The summed E-state index contributed by atoms with van der Waals surface area (Å²) in [5.41, 5.74) is 0.777. The fourth-order valence-corrected chi connectivity index (χ4v) is 1.23. The van der Waals surface area contributed by atoms with Crippen molar-refractivity contribution in [1.29, 1.82) is 0 Å². The minimum absolute atomic E-state index is 0.0616. The summed E-state index contributed by atoms with van der Waals surface area (Å²) in [6.45, 7) is -0.499. The van der Waals surface area contributed by atoms with E-state index in [1.165, 1.54) is 0 Å². The van der Waals surface area contributed by atoms with E-state index in [4.69, 9.17) is 26.6 Å². The number of aliphatic hydroxyl groups excluding tert-OH is 1. The Hall–Kier alpha value is -1.52. The van der Waals surface area contributed by atoms with Crippen molar-refractivity contribution in [3.8, 4) is 5.75 Å². The Morgan fingerprint density at radius 2 is 2.25 bits per heavy atom. The first-order valence-electron chi connectivity index (χ1n) is 4.55. The smallest absolute Gasteiger partial charge is 0.341 e. The molecule has 0 atom stereocenters. The third-order valence-electron chi connectivity index (χ3n) is 1.72. The molecule has 0 unspecified atom stereocenters. The van der Waals surface area contributed by atoms with Crippen molar-refractivity contribution >= 4 is 23.6 Å². The normalized spacial score (nSPS) is 10.6. The zero-order chi connectivity index (χ0) is 12.0. The second kappa shape index (κ2) is 6.15. The molecule has 0 bridgehead atoms. The van der Waals surface area contributed by atoms with Gasteiger partial charge in [-0.25, -0.2) is 4.79 Å². The Morgan fingerprint density at radius 1 is 1.50 bits per heavy atom. The SMILES string of the molecule is O=C(O)COc1cc(C=CCO)ccc1Cl. The summed E-state index contributed by atoms with van der Waals surface area (Å²) in [4.78, 5) is 10.3. The molecule has 0 radical (unpaired) electrons. The highest BCUT2D eigenvalue weighted by Crippen LogP contribution is 2.25. The van der Waals surface area contributed by atoms with Crippen LogP contribution in [-0.4, -0.2) is 29.4 Å². The molecule has 86 valence electrons. The first kappa shape index (κ1) is 12.5. The first-order chi connectivity index (χ1) is 7.63. The van der Waals surface area contributed by atoms with Crippen LogP contribution >= 0.6 is 11.6 Å². The van der Waals surface area contributed by atoms with Crippen molar-refractivity contribution in [2.75, 3.05) is 13.2 Å². The lowest BCUT2D eigenvalue weighted by atomic mass is 10.2. The van der Waals surface area contributed by atoms with Gasteiger partial charge in [-0.3, -0.25) is 0 Å². The molecule has 5 heteroatoms. The van der Waals surface area contributed by atoms with Gasteiger partial charge in [-0.15, -0.1) is 0 Å². The van der Waals surface area contributed by atoms with Crippen LogP contribution in [0.5, 0.6) is 5.75 Å². The molecule has 4 nitrogen and oxygen atoms in total. The molecule has 0 saturated carbocycles. The van der Waals surface area contributed by atoms with Crippen LogP contribution in [0.1, 0.15) is 5.56 Å². The molecule has 2 N–H and O–H groups in total. The van der Waals surface area contributed by atoms with E-state index in [2.05, 4.69) is 0 Å². The number of hydrogen-bond donors (Lipinski definition) is 2. The van der Waals surface area contributed by atoms with Crippen molar-refractivity contribution in [1.82, 2.24) is 0 Å². The Labute approximate surface area is 97.7 Å². The number of carboxylic acids is 1. The van der Waals surface area contributed by atoms with Crippen molar-refractivity contribution in [2.45, 2.75) is 0 Å². The van der Waals surface area contributed by atoms with Crippen molar-refractivity contribution in [2.24, 2.45) is 0 Å². The summed E-state index contributed by atoms with van der Waals surface area (Å²) in [6, 6.07) is 4.95. The summed E-state index contributed by atoms with van der Waals surface area (Å²) < 4.78 is 4.99. The number of rotatable bonds is 5. The number of hydrogen-bond acceptors (Lipinski definition) is 3. The maximum Gasteiger partial charge on any atom is 0.341 e. The van der Waals surface area contributed by atoms with Crippen LogP contribution in [0.25, 0.3) is 6.08 Å². The zero-order valence-electron chi connectivity index (χ0n) is 8.39. The van der Waals surface area contributed by atoms with Crippen molar-refractivity contribution in [3.05, 3.63) is 34.9 Å². The summed E-state index contributed by atoms with van der Waals surface area (Å²) >= 11 is 5.82. The zero-order valence-corrected chi connectivity index (χ0v) is 9.15. The molecule has 0 aromatic heterocycles. The Morgan fingerprint density at radius 3 is 2.88 bits per heavy atom. The van der Waals surface area contributed by atoms with Crippen LogP contribution < -0.4 is 4.74 Å². The molecule has 1 aromatic rings. The monoisotopic (exact) mass is 242 g/mol. The topological polar surface area (TPSA) is 66.8 Å². The van der Waals surface area contributed by atoms with E-state index in [0.717, 1.165) is 5.56 Å². The number of carbonyl (C=O) groups is 1. The Kier molecular flexibility index (Phi) is 4.82. The predicted octanol–water partition coefficient (Wildman–Crippen LogP) is 1.81. The van der Waals surface area contributed by atoms with E-state index in [1.807, 2.05) is 0 Å². The van der Waals surface area contributed by atoms with E-state index in [0.29, 0.717) is 10.8 Å². The third kappa shape index (κ3) is 3.92. The minimum Gasteiger partial charge on any atom is -0.480 e. The molecular weight excluding hydrogens is 232 g/mol. The van der Waals surface area contributed by atoms with E-state index < -0.39 is 12.6 Å². The highest BCUT2D eigenvalue weighted by molar-refractivity contribution is 6.32. The predicted molar refractivity (Wildman–Crippen MR) is 60.7 cm³/mol. The molecule has 0 saturated heterocycles. The van der Waals surface area contributed by atoms with Gasteiger partial charge in [-0.2, -0.15) is 0 Å². The van der Waals surface area contributed by atoms with Crippen LogP contribution in [0.4, 0.5) is 0 Å². The van der Waals surface area contributed by atoms with Crippen LogP contribution in [0, 0.1) is 0 Å². The van der Waals surface area contributed by atoms with Gasteiger partial charge in [-0.1, -0.05) is 29.8 Å². The van der Waals surface area contributed by atoms with Gasteiger partial charge in [0.05, 0.1) is 11.6 Å². The first-order valence-corrected chi connectivity index (χ1v) is 4.93. The number of benzene rings is 1. The van der Waals surface area contributed by atoms with Gasteiger partial charge in [-0.05, 0) is 17.7 Å². The van der Waals surface area contributed by atoms with Crippen molar-refractivity contribution < 1.29 is 19.7 Å². The standard InChI is InChI=1S/C11H11ClO4/c12-9-4-3-8(2-1-5-13)6-10(9)16-7-11(14)15/h1-4,6,13H,5,7H2,(H,14,15). The molecule has 1 rings (SSSR count). The Bertz CT molecular complexity index is 401. The molecule has 1 aromatic carbocycles. The number of aliphatic carboxylic acids is 1. The van der Waals surface area contributed by atoms with Gasteiger partial charge in [0.25, 0.3) is 0 Å². The van der Waals surface area contributed by atoms with Gasteiger partial charge in [0.15, 0.2) is 6.61 Å². The lowest BCUT2D eigenvalue weighted by molar-refractivity contribution is -0.139. The fourth-order valence-electron chi connectivity index (χ4n) is 1.06. The highest BCUT2D eigenvalue weighted by atomic mass is 35.5. The van der Waals surface area contributed by atoms with Gasteiger partial charge < -0.3 is 14.9 Å². The lowest BCUT2D eigenvalue weighted by Crippen LogP contribution is -2.09. The average molecular weight is 243 g/mol. The molecular formula is C11H11ClO4. The maximum atomic E-state index is 10.3. The van der Waals surface area contributed by atoms with Crippen molar-refractivity contribution in [3.63, 3.8) is 0 Å². The highest BCUT2D eigenvalue weighted by Gasteiger charge is 2.04. The number of ether oxygens (including phenoxy) is 1. The van der Waals surface area contributed by atoms with Crippen LogP contribution in [0.2, 0.25) is 5.02 Å². The molecule has 0 aliphatic carbocycles. The summed E-state index contributed by atoms with van der Waals surface area (Å²) in [5.74, 6) is -0.753. The summed E-state index contributed by atoms with van der Waals surface area (Å²) in [5, 5.41) is 17.4. The van der Waals surface area contributed by atoms with Gasteiger partial charge in [0.1, 0.15) is 5.75 Å². The molecule has 16 heavy (non-hydrogen) atoms.